The zero-order chi connectivity index (χ0) is 17.8. The first-order valence-electron chi connectivity index (χ1n) is 8.04. The number of carbonyl (C=O) groups excluding carboxylic acids is 1. The Labute approximate surface area is 149 Å². The van der Waals surface area contributed by atoms with Crippen molar-refractivity contribution in [1.82, 2.24) is 4.90 Å². The summed E-state index contributed by atoms with van der Waals surface area (Å²) in [4.78, 5) is 26.8. The Balaban J connectivity index is 1.68. The van der Waals surface area contributed by atoms with E-state index in [1.54, 1.807) is 28.4 Å². The smallest absolute Gasteiger partial charge is 0.336 e. The third kappa shape index (κ3) is 4.09. The zero-order valence-electron chi connectivity index (χ0n) is 14.2. The molecule has 1 amide bonds. The molecule has 25 heavy (non-hydrogen) atoms. The molecule has 0 aliphatic carbocycles. The van der Waals surface area contributed by atoms with Crippen molar-refractivity contribution in [2.75, 3.05) is 13.2 Å². The molecule has 2 heterocycles. The van der Waals surface area contributed by atoms with Crippen LogP contribution >= 0.6 is 11.3 Å². The van der Waals surface area contributed by atoms with Crippen molar-refractivity contribution in [1.29, 1.82) is 0 Å². The first-order valence-corrected chi connectivity index (χ1v) is 8.92. The molecule has 0 N–H and O–H groups in total. The van der Waals surface area contributed by atoms with Gasteiger partial charge in [0.25, 0.3) is 5.91 Å². The van der Waals surface area contributed by atoms with E-state index in [-0.39, 0.29) is 12.5 Å². The second-order valence-electron chi connectivity index (χ2n) is 5.68. The predicted octanol–water partition coefficient (Wildman–Crippen LogP) is 3.59. The minimum atomic E-state index is -0.397. The molecule has 0 bridgehead atoms. The lowest BCUT2D eigenvalue weighted by atomic mass is 10.1. The third-order valence-corrected chi connectivity index (χ3v) is 4.81. The summed E-state index contributed by atoms with van der Waals surface area (Å²) in [5.41, 5.74) is 0.911. The number of rotatable bonds is 6. The Hall–Kier alpha value is -2.60. The Kier molecular flexibility index (Phi) is 5.19. The fourth-order valence-corrected chi connectivity index (χ4v) is 3.32. The van der Waals surface area contributed by atoms with Crippen molar-refractivity contribution < 1.29 is 13.9 Å². The van der Waals surface area contributed by atoms with E-state index in [0.717, 1.165) is 15.8 Å². The van der Waals surface area contributed by atoms with Crippen LogP contribution in [0.4, 0.5) is 0 Å². The summed E-state index contributed by atoms with van der Waals surface area (Å²) in [5.74, 6) is 0.420. The van der Waals surface area contributed by atoms with Gasteiger partial charge in [-0.15, -0.1) is 11.3 Å². The second kappa shape index (κ2) is 7.53. The van der Waals surface area contributed by atoms with Crippen LogP contribution in [0.5, 0.6) is 5.75 Å². The van der Waals surface area contributed by atoms with Crippen LogP contribution in [0.3, 0.4) is 0 Å². The molecule has 0 spiro atoms. The zero-order valence-corrected chi connectivity index (χ0v) is 15.0. The minimum Gasteiger partial charge on any atom is -0.484 e. The van der Waals surface area contributed by atoms with Crippen molar-refractivity contribution in [3.8, 4) is 5.75 Å². The van der Waals surface area contributed by atoms with Crippen molar-refractivity contribution in [2.45, 2.75) is 20.4 Å². The van der Waals surface area contributed by atoms with Crippen LogP contribution in [-0.4, -0.2) is 24.0 Å². The number of nitrogens with zero attached hydrogens (tertiary/aromatic N) is 1. The normalized spacial score (nSPS) is 10.8. The van der Waals surface area contributed by atoms with Gasteiger partial charge in [0, 0.05) is 28.9 Å². The van der Waals surface area contributed by atoms with E-state index in [1.807, 2.05) is 37.4 Å². The van der Waals surface area contributed by atoms with E-state index in [9.17, 15) is 9.59 Å². The lowest BCUT2D eigenvalue weighted by Gasteiger charge is -2.20. The molecule has 130 valence electrons. The number of amides is 1. The molecular formula is C19H19NO4S. The fraction of sp³-hybridized carbons (Fsp3) is 0.263. The maximum atomic E-state index is 12.4. The maximum Gasteiger partial charge on any atom is 0.336 e. The molecule has 0 atom stereocenters. The molecule has 0 unspecified atom stereocenters. The highest BCUT2D eigenvalue weighted by atomic mass is 32.1. The van der Waals surface area contributed by atoms with E-state index in [1.165, 1.54) is 6.07 Å². The van der Waals surface area contributed by atoms with Crippen molar-refractivity contribution in [2.24, 2.45) is 0 Å². The highest BCUT2D eigenvalue weighted by molar-refractivity contribution is 7.09. The third-order valence-electron chi connectivity index (χ3n) is 3.95. The Morgan fingerprint density at radius 1 is 1.28 bits per heavy atom. The average Bonchev–Trinajstić information content (AvgIpc) is 3.10. The summed E-state index contributed by atoms with van der Waals surface area (Å²) >= 11 is 1.63. The summed E-state index contributed by atoms with van der Waals surface area (Å²) < 4.78 is 10.8. The standard InChI is InChI=1S/C19H19NO4S/c1-3-20(11-15-5-4-8-25-15)18(21)12-23-14-6-7-16-13(2)9-19(22)24-17(16)10-14/h4-10H,3,11-12H2,1-2H3. The van der Waals surface area contributed by atoms with Crippen LogP contribution in [0.2, 0.25) is 0 Å². The quantitative estimate of drug-likeness (QED) is 0.633. The second-order valence-corrected chi connectivity index (χ2v) is 6.71. The molecule has 3 aromatic rings. The van der Waals surface area contributed by atoms with Crippen LogP contribution in [0.1, 0.15) is 17.4 Å². The number of hydrogen-bond acceptors (Lipinski definition) is 5. The number of likely N-dealkylation sites (N-methyl/N-ethyl adjacent to an activating group) is 1. The lowest BCUT2D eigenvalue weighted by Crippen LogP contribution is -2.34. The van der Waals surface area contributed by atoms with Crippen LogP contribution in [0.15, 0.2) is 51.0 Å². The van der Waals surface area contributed by atoms with Crippen molar-refractivity contribution >= 4 is 28.2 Å². The molecule has 3 rings (SSSR count). The highest BCUT2D eigenvalue weighted by Crippen LogP contribution is 2.22. The molecular weight excluding hydrogens is 338 g/mol. The SMILES string of the molecule is CCN(Cc1cccs1)C(=O)COc1ccc2c(C)cc(=O)oc2c1. The molecule has 0 saturated carbocycles. The van der Waals surface area contributed by atoms with Crippen molar-refractivity contribution in [3.05, 3.63) is 62.6 Å². The van der Waals surface area contributed by atoms with Gasteiger partial charge >= 0.3 is 5.63 Å². The van der Waals surface area contributed by atoms with Crippen LogP contribution in [0, 0.1) is 6.92 Å². The number of fused-ring (bicyclic) bond motifs is 1. The molecule has 0 aliphatic rings. The van der Waals surface area contributed by atoms with Gasteiger partial charge in [0.2, 0.25) is 0 Å². The van der Waals surface area contributed by atoms with Crippen molar-refractivity contribution in [3.63, 3.8) is 0 Å². The van der Waals surface area contributed by atoms with Gasteiger partial charge in [-0.1, -0.05) is 6.07 Å². The molecule has 1 aromatic carbocycles. The first kappa shape index (κ1) is 17.2. The van der Waals surface area contributed by atoms with E-state index in [2.05, 4.69) is 0 Å². The molecule has 0 aliphatic heterocycles. The van der Waals surface area contributed by atoms with E-state index in [4.69, 9.17) is 9.15 Å². The molecule has 5 nitrogen and oxygen atoms in total. The van der Waals surface area contributed by atoms with Gasteiger partial charge < -0.3 is 14.1 Å². The number of thiophene rings is 1. The molecule has 0 radical (unpaired) electrons. The topological polar surface area (TPSA) is 59.8 Å². The fourth-order valence-electron chi connectivity index (χ4n) is 2.60. The molecule has 6 heteroatoms. The van der Waals surface area contributed by atoms with Gasteiger partial charge in [0.15, 0.2) is 6.61 Å². The summed E-state index contributed by atoms with van der Waals surface area (Å²) in [7, 11) is 0. The number of ether oxygens (including phenoxy) is 1. The minimum absolute atomic E-state index is 0.0548. The Morgan fingerprint density at radius 2 is 2.12 bits per heavy atom. The van der Waals surface area contributed by atoms with Gasteiger partial charge in [-0.3, -0.25) is 4.79 Å². The Bertz CT molecular complexity index is 930. The summed E-state index contributed by atoms with van der Waals surface area (Å²) in [6.45, 7) is 4.95. The van der Waals surface area contributed by atoms with Gasteiger partial charge in [0.05, 0.1) is 6.54 Å². The molecule has 2 aromatic heterocycles. The molecule has 0 fully saturated rings. The van der Waals surface area contributed by atoms with Gasteiger partial charge in [-0.2, -0.15) is 0 Å². The number of benzene rings is 1. The highest BCUT2D eigenvalue weighted by Gasteiger charge is 2.14. The molecule has 0 saturated heterocycles. The van der Waals surface area contributed by atoms with E-state index < -0.39 is 5.63 Å². The van der Waals surface area contributed by atoms with E-state index in [0.29, 0.717) is 24.4 Å². The number of carbonyl (C=O) groups is 1. The van der Waals surface area contributed by atoms with Gasteiger partial charge in [0.1, 0.15) is 11.3 Å². The first-order chi connectivity index (χ1) is 12.1. The average molecular weight is 357 g/mol. The number of aryl methyl sites for hydroxylation is 1. The Morgan fingerprint density at radius 3 is 2.84 bits per heavy atom. The van der Waals surface area contributed by atoms with Gasteiger partial charge in [-0.05, 0) is 43.0 Å². The van der Waals surface area contributed by atoms with Crippen LogP contribution in [0.25, 0.3) is 11.0 Å². The lowest BCUT2D eigenvalue weighted by molar-refractivity contribution is -0.133. The van der Waals surface area contributed by atoms with Crippen LogP contribution in [-0.2, 0) is 11.3 Å². The predicted molar refractivity (Wildman–Crippen MR) is 98.1 cm³/mol. The summed E-state index contributed by atoms with van der Waals surface area (Å²) in [5, 5.41) is 2.85. The van der Waals surface area contributed by atoms with Crippen LogP contribution < -0.4 is 10.4 Å². The summed E-state index contributed by atoms with van der Waals surface area (Å²) in [6.07, 6.45) is 0. The monoisotopic (exact) mass is 357 g/mol. The largest absolute Gasteiger partial charge is 0.484 e. The number of hydrogen-bond donors (Lipinski definition) is 0. The van der Waals surface area contributed by atoms with E-state index >= 15 is 0 Å². The van der Waals surface area contributed by atoms with Gasteiger partial charge in [-0.25, -0.2) is 4.79 Å². The summed E-state index contributed by atoms with van der Waals surface area (Å²) in [6, 6.07) is 10.7. The maximum absolute atomic E-state index is 12.4.